The highest BCUT2D eigenvalue weighted by molar-refractivity contribution is 5.99. The minimum Gasteiger partial charge on any atom is -0.493 e. The van der Waals surface area contributed by atoms with Crippen molar-refractivity contribution in [3.63, 3.8) is 0 Å². The molecule has 0 radical (unpaired) electrons. The fourth-order valence-corrected chi connectivity index (χ4v) is 4.49. The maximum absolute atomic E-state index is 13.9. The molecular weight excluding hydrogens is 437 g/mol. The van der Waals surface area contributed by atoms with Crippen LogP contribution in [-0.4, -0.2) is 31.6 Å². The van der Waals surface area contributed by atoms with Crippen LogP contribution in [0.1, 0.15) is 33.3 Å². The number of benzene rings is 3. The van der Waals surface area contributed by atoms with Crippen LogP contribution in [-0.2, 0) is 6.42 Å². The number of nitrogens with zero attached hydrogens (tertiary/aromatic N) is 1. The molecule has 1 aliphatic rings. The molecule has 0 bridgehead atoms. The van der Waals surface area contributed by atoms with Crippen molar-refractivity contribution < 1.29 is 23.1 Å². The van der Waals surface area contributed by atoms with Gasteiger partial charge in [0.25, 0.3) is 5.91 Å². The van der Waals surface area contributed by atoms with E-state index >= 15 is 0 Å². The summed E-state index contributed by atoms with van der Waals surface area (Å²) >= 11 is 0. The number of carbonyl (C=O) groups excluding carboxylic acids is 1. The molecule has 7 heteroatoms. The maximum Gasteiger partial charge on any atom is 0.290 e. The van der Waals surface area contributed by atoms with Crippen LogP contribution in [0.5, 0.6) is 11.5 Å². The minimum atomic E-state index is -0.632. The summed E-state index contributed by atoms with van der Waals surface area (Å²) in [7, 11) is 3.14. The quantitative estimate of drug-likeness (QED) is 0.417. The second-order valence-corrected chi connectivity index (χ2v) is 8.07. The zero-order valence-electron chi connectivity index (χ0n) is 18.7. The molecule has 0 saturated carbocycles. The van der Waals surface area contributed by atoms with Gasteiger partial charge in [0.1, 0.15) is 11.4 Å². The molecular formula is C27H22FNO5. The summed E-state index contributed by atoms with van der Waals surface area (Å²) in [6.45, 7) is 0.336. The van der Waals surface area contributed by atoms with Crippen LogP contribution in [0.15, 0.2) is 75.9 Å². The molecule has 0 saturated heterocycles. The number of hydrogen-bond acceptors (Lipinski definition) is 5. The van der Waals surface area contributed by atoms with Gasteiger partial charge < -0.3 is 18.8 Å². The lowest BCUT2D eigenvalue weighted by Crippen LogP contribution is -2.31. The first-order chi connectivity index (χ1) is 16.5. The molecule has 2 heterocycles. The molecule has 0 spiro atoms. The average molecular weight is 459 g/mol. The summed E-state index contributed by atoms with van der Waals surface area (Å²) in [5.74, 6) is 0.316. The third-order valence-corrected chi connectivity index (χ3v) is 6.13. The molecule has 0 N–H and O–H groups in total. The number of hydrogen-bond donors (Lipinski definition) is 0. The summed E-state index contributed by atoms with van der Waals surface area (Å²) in [5.41, 5.74) is 1.75. The van der Waals surface area contributed by atoms with E-state index in [2.05, 4.69) is 0 Å². The summed E-state index contributed by atoms with van der Waals surface area (Å²) in [6.07, 6.45) is 0.520. The second-order valence-electron chi connectivity index (χ2n) is 8.07. The number of methoxy groups -OCH3 is 2. The highest BCUT2D eigenvalue weighted by Gasteiger charge is 2.42. The van der Waals surface area contributed by atoms with Gasteiger partial charge in [-0.3, -0.25) is 9.59 Å². The second kappa shape index (κ2) is 8.67. The van der Waals surface area contributed by atoms with E-state index in [1.54, 1.807) is 19.1 Å². The Hall–Kier alpha value is -4.13. The van der Waals surface area contributed by atoms with E-state index in [1.165, 1.54) is 12.1 Å². The van der Waals surface area contributed by atoms with E-state index < -0.39 is 17.3 Å². The largest absolute Gasteiger partial charge is 0.493 e. The molecule has 4 aromatic rings. The Morgan fingerprint density at radius 1 is 0.941 bits per heavy atom. The fourth-order valence-electron chi connectivity index (χ4n) is 4.49. The lowest BCUT2D eigenvalue weighted by Gasteiger charge is -2.25. The zero-order valence-corrected chi connectivity index (χ0v) is 18.7. The van der Waals surface area contributed by atoms with E-state index in [0.29, 0.717) is 24.5 Å². The molecule has 172 valence electrons. The Labute approximate surface area is 195 Å². The number of halogens is 1. The molecule has 6 nitrogen and oxygen atoms in total. The topological polar surface area (TPSA) is 69.0 Å². The summed E-state index contributed by atoms with van der Waals surface area (Å²) in [6, 6.07) is 18.0. The van der Waals surface area contributed by atoms with Crippen LogP contribution in [0, 0.1) is 5.82 Å². The van der Waals surface area contributed by atoms with E-state index in [1.807, 2.05) is 48.5 Å². The van der Waals surface area contributed by atoms with Gasteiger partial charge in [-0.25, -0.2) is 4.39 Å². The van der Waals surface area contributed by atoms with Crippen molar-refractivity contribution in [1.82, 2.24) is 4.90 Å². The maximum atomic E-state index is 13.9. The molecule has 3 aromatic carbocycles. The number of fused-ring (bicyclic) bond motifs is 2. The van der Waals surface area contributed by atoms with Crippen molar-refractivity contribution in [2.24, 2.45) is 0 Å². The first-order valence-corrected chi connectivity index (χ1v) is 10.8. The van der Waals surface area contributed by atoms with E-state index in [0.717, 1.165) is 17.2 Å². The van der Waals surface area contributed by atoms with Crippen LogP contribution < -0.4 is 14.9 Å². The predicted octanol–water partition coefficient (Wildman–Crippen LogP) is 4.74. The van der Waals surface area contributed by atoms with Gasteiger partial charge in [0.2, 0.25) is 5.76 Å². The highest BCUT2D eigenvalue weighted by atomic mass is 19.1. The fraction of sp³-hybridized carbons (Fsp3) is 0.185. The Kier molecular flexibility index (Phi) is 5.53. The first-order valence-electron chi connectivity index (χ1n) is 10.8. The Bertz CT molecular complexity index is 1450. The summed E-state index contributed by atoms with van der Waals surface area (Å²) in [5, 5.41) is 0.120. The molecule has 1 aliphatic heterocycles. The van der Waals surface area contributed by atoms with Crippen LogP contribution in [0.25, 0.3) is 11.0 Å². The normalized spacial score (nSPS) is 15.0. The van der Waals surface area contributed by atoms with Gasteiger partial charge in [-0.1, -0.05) is 36.4 Å². The predicted molar refractivity (Wildman–Crippen MR) is 125 cm³/mol. The third-order valence-electron chi connectivity index (χ3n) is 6.13. The van der Waals surface area contributed by atoms with Crippen molar-refractivity contribution in [3.8, 4) is 11.5 Å². The van der Waals surface area contributed by atoms with Crippen LogP contribution >= 0.6 is 0 Å². The van der Waals surface area contributed by atoms with Crippen molar-refractivity contribution in [2.45, 2.75) is 12.5 Å². The van der Waals surface area contributed by atoms with Crippen LogP contribution in [0.3, 0.4) is 0 Å². The average Bonchev–Trinajstić information content (AvgIpc) is 3.15. The smallest absolute Gasteiger partial charge is 0.290 e. The molecule has 34 heavy (non-hydrogen) atoms. The van der Waals surface area contributed by atoms with E-state index in [9.17, 15) is 14.0 Å². The van der Waals surface area contributed by atoms with Crippen LogP contribution in [0.4, 0.5) is 4.39 Å². The van der Waals surface area contributed by atoms with Crippen molar-refractivity contribution in [2.75, 3.05) is 20.8 Å². The number of carbonyl (C=O) groups is 1. The Morgan fingerprint density at radius 2 is 1.71 bits per heavy atom. The molecule has 5 rings (SSSR count). The lowest BCUT2D eigenvalue weighted by molar-refractivity contribution is 0.0730. The van der Waals surface area contributed by atoms with Crippen molar-refractivity contribution in [1.29, 1.82) is 0 Å². The van der Waals surface area contributed by atoms with Gasteiger partial charge in [-0.15, -0.1) is 0 Å². The van der Waals surface area contributed by atoms with Gasteiger partial charge in [-0.2, -0.15) is 0 Å². The monoisotopic (exact) mass is 459 g/mol. The third kappa shape index (κ3) is 3.59. The summed E-state index contributed by atoms with van der Waals surface area (Å²) in [4.78, 5) is 28.5. The van der Waals surface area contributed by atoms with Gasteiger partial charge in [0, 0.05) is 6.54 Å². The summed E-state index contributed by atoms with van der Waals surface area (Å²) < 4.78 is 30.4. The van der Waals surface area contributed by atoms with Gasteiger partial charge in [0.05, 0.1) is 31.2 Å². The molecule has 1 atom stereocenters. The van der Waals surface area contributed by atoms with E-state index in [4.69, 9.17) is 13.9 Å². The van der Waals surface area contributed by atoms with Gasteiger partial charge in [-0.05, 0) is 47.9 Å². The van der Waals surface area contributed by atoms with Crippen molar-refractivity contribution >= 4 is 16.9 Å². The number of rotatable bonds is 6. The SMILES string of the molecule is COc1ccc(CCN2C(=O)c3oc4ccc(F)cc4c(=O)c3[C@H]2c2ccccc2)cc1OC. The number of ether oxygens (including phenoxy) is 2. The molecule has 1 amide bonds. The minimum absolute atomic E-state index is 0.00488. The Balaban J connectivity index is 1.58. The molecule has 0 fully saturated rings. The molecule has 1 aromatic heterocycles. The lowest BCUT2D eigenvalue weighted by atomic mass is 9.98. The Morgan fingerprint density at radius 3 is 2.44 bits per heavy atom. The van der Waals surface area contributed by atoms with Crippen molar-refractivity contribution in [3.05, 3.63) is 105 Å². The number of amides is 1. The van der Waals surface area contributed by atoms with Gasteiger partial charge in [0.15, 0.2) is 16.9 Å². The molecule has 0 aliphatic carbocycles. The first kappa shape index (κ1) is 21.7. The van der Waals surface area contributed by atoms with E-state index in [-0.39, 0.29) is 28.2 Å². The molecule has 0 unspecified atom stereocenters. The van der Waals surface area contributed by atoms with Gasteiger partial charge >= 0.3 is 0 Å². The van der Waals surface area contributed by atoms with Crippen LogP contribution in [0.2, 0.25) is 0 Å². The zero-order chi connectivity index (χ0) is 23.8. The standard InChI is InChI=1S/C27H22FNO5/c1-32-21-10-8-16(14-22(21)33-2)12-13-29-24(17-6-4-3-5-7-17)23-25(30)19-15-18(28)9-11-20(19)34-26(23)27(29)31/h3-11,14-15,24H,12-13H2,1-2H3/t24-/m1/s1. The highest BCUT2D eigenvalue weighted by Crippen LogP contribution is 2.38.